The molecule has 3 rings (SSSR count). The third-order valence-electron chi connectivity index (χ3n) is 4.10. The van der Waals surface area contributed by atoms with E-state index in [4.69, 9.17) is 9.84 Å². The highest BCUT2D eigenvalue weighted by Gasteiger charge is 2.15. The predicted molar refractivity (Wildman–Crippen MR) is 115 cm³/mol. The number of nitrogens with zero attached hydrogens (tertiary/aromatic N) is 3. The number of hydrogen-bond donors (Lipinski definition) is 2. The molecule has 2 aromatic carbocycles. The molecule has 2 N–H and O–H groups in total. The van der Waals surface area contributed by atoms with Crippen molar-refractivity contribution < 1.29 is 19.4 Å². The molecule has 0 bridgehead atoms. The summed E-state index contributed by atoms with van der Waals surface area (Å²) < 4.78 is 7.05. The lowest BCUT2D eigenvalue weighted by Crippen LogP contribution is -2.15. The number of anilines is 1. The Hall–Kier alpha value is -3.59. The van der Waals surface area contributed by atoms with Gasteiger partial charge in [-0.1, -0.05) is 23.9 Å². The van der Waals surface area contributed by atoms with Crippen molar-refractivity contribution in [2.45, 2.75) is 11.7 Å². The highest BCUT2D eigenvalue weighted by molar-refractivity contribution is 7.99. The zero-order valence-electron chi connectivity index (χ0n) is 16.2. The van der Waals surface area contributed by atoms with Crippen LogP contribution in [-0.4, -0.2) is 44.6 Å². The Morgan fingerprint density at radius 2 is 2.00 bits per heavy atom. The fourth-order valence-corrected chi connectivity index (χ4v) is 3.45. The maximum atomic E-state index is 12.3. The fourth-order valence-electron chi connectivity index (χ4n) is 2.70. The summed E-state index contributed by atoms with van der Waals surface area (Å²) in [6, 6.07) is 13.5. The average molecular weight is 424 g/mol. The standard InChI is InChI=1S/C21H20N4O4S/c1-3-11-25-19(14-7-9-17(29-2)10-8-14)23-24-21(25)30-13-18(26)22-16-6-4-5-15(12-16)20(27)28/h3-10,12H,1,11,13H2,2H3,(H,22,26)(H,27,28). The van der Waals surface area contributed by atoms with Crippen molar-refractivity contribution in [1.29, 1.82) is 0 Å². The Morgan fingerprint density at radius 3 is 2.67 bits per heavy atom. The SMILES string of the molecule is C=CCn1c(SCC(=O)Nc2cccc(C(=O)O)c2)nnc1-c1ccc(OC)cc1. The number of ether oxygens (including phenoxy) is 1. The van der Waals surface area contributed by atoms with Gasteiger partial charge in [-0.15, -0.1) is 16.8 Å². The smallest absolute Gasteiger partial charge is 0.335 e. The van der Waals surface area contributed by atoms with E-state index in [-0.39, 0.29) is 17.2 Å². The number of rotatable bonds is 9. The van der Waals surface area contributed by atoms with Crippen LogP contribution in [0.25, 0.3) is 11.4 Å². The van der Waals surface area contributed by atoms with Crippen LogP contribution < -0.4 is 10.1 Å². The van der Waals surface area contributed by atoms with Crippen molar-refractivity contribution in [2.75, 3.05) is 18.2 Å². The third kappa shape index (κ3) is 5.06. The summed E-state index contributed by atoms with van der Waals surface area (Å²) >= 11 is 1.24. The lowest BCUT2D eigenvalue weighted by atomic mass is 10.2. The van der Waals surface area contributed by atoms with E-state index in [0.717, 1.165) is 11.3 Å². The lowest BCUT2D eigenvalue weighted by molar-refractivity contribution is -0.113. The number of carboxylic acid groups (broad SMARTS) is 1. The summed E-state index contributed by atoms with van der Waals surface area (Å²) in [5.41, 5.74) is 1.40. The molecule has 1 heterocycles. The molecule has 0 fully saturated rings. The van der Waals surface area contributed by atoms with Gasteiger partial charge >= 0.3 is 5.97 Å². The van der Waals surface area contributed by atoms with Crippen LogP contribution >= 0.6 is 11.8 Å². The van der Waals surface area contributed by atoms with Crippen molar-refractivity contribution in [3.8, 4) is 17.1 Å². The molecule has 0 spiro atoms. The first-order valence-corrected chi connectivity index (χ1v) is 9.95. The van der Waals surface area contributed by atoms with E-state index in [1.807, 2.05) is 28.8 Å². The maximum Gasteiger partial charge on any atom is 0.335 e. The second-order valence-electron chi connectivity index (χ2n) is 6.16. The zero-order valence-corrected chi connectivity index (χ0v) is 17.1. The lowest BCUT2D eigenvalue weighted by Gasteiger charge is -2.09. The van der Waals surface area contributed by atoms with E-state index < -0.39 is 5.97 Å². The number of carbonyl (C=O) groups excluding carboxylic acids is 1. The number of allylic oxidation sites excluding steroid dienone is 1. The second kappa shape index (κ2) is 9.75. The summed E-state index contributed by atoms with van der Waals surface area (Å²) in [5.74, 6) is 0.169. The Morgan fingerprint density at radius 1 is 1.23 bits per heavy atom. The molecule has 0 aliphatic carbocycles. The largest absolute Gasteiger partial charge is 0.497 e. The van der Waals surface area contributed by atoms with E-state index in [1.54, 1.807) is 25.3 Å². The van der Waals surface area contributed by atoms with E-state index in [0.29, 0.717) is 23.2 Å². The quantitative estimate of drug-likeness (QED) is 0.399. The third-order valence-corrected chi connectivity index (χ3v) is 5.07. The van der Waals surface area contributed by atoms with Crippen LogP contribution in [0.3, 0.4) is 0 Å². The molecule has 9 heteroatoms. The van der Waals surface area contributed by atoms with Gasteiger partial charge in [-0.25, -0.2) is 4.79 Å². The Balaban J connectivity index is 1.71. The number of methoxy groups -OCH3 is 1. The van der Waals surface area contributed by atoms with Gasteiger partial charge in [-0.2, -0.15) is 0 Å². The molecule has 0 unspecified atom stereocenters. The number of aromatic carboxylic acids is 1. The number of nitrogens with one attached hydrogen (secondary N) is 1. The van der Waals surface area contributed by atoms with Crippen LogP contribution in [0, 0.1) is 0 Å². The molecule has 0 saturated carbocycles. The van der Waals surface area contributed by atoms with Gasteiger partial charge in [0.25, 0.3) is 0 Å². The van der Waals surface area contributed by atoms with Gasteiger partial charge in [-0.3, -0.25) is 9.36 Å². The molecular weight excluding hydrogens is 404 g/mol. The first-order valence-electron chi connectivity index (χ1n) is 8.96. The minimum atomic E-state index is -1.05. The normalized spacial score (nSPS) is 10.4. The summed E-state index contributed by atoms with van der Waals surface area (Å²) in [7, 11) is 1.60. The van der Waals surface area contributed by atoms with Gasteiger partial charge in [0.2, 0.25) is 5.91 Å². The van der Waals surface area contributed by atoms with E-state index in [2.05, 4.69) is 22.1 Å². The highest BCUT2D eigenvalue weighted by Crippen LogP contribution is 2.26. The molecule has 0 aliphatic heterocycles. The minimum absolute atomic E-state index is 0.0924. The summed E-state index contributed by atoms with van der Waals surface area (Å²) in [4.78, 5) is 23.4. The molecular formula is C21H20N4O4S. The van der Waals surface area contributed by atoms with Crippen LogP contribution in [0.1, 0.15) is 10.4 Å². The molecule has 0 atom stereocenters. The van der Waals surface area contributed by atoms with E-state index in [9.17, 15) is 9.59 Å². The molecule has 1 aromatic heterocycles. The van der Waals surface area contributed by atoms with Gasteiger partial charge < -0.3 is 15.2 Å². The average Bonchev–Trinajstić information content (AvgIpc) is 3.15. The van der Waals surface area contributed by atoms with Crippen LogP contribution in [-0.2, 0) is 11.3 Å². The fraction of sp³-hybridized carbons (Fsp3) is 0.143. The summed E-state index contributed by atoms with van der Waals surface area (Å²) in [6.07, 6.45) is 1.73. The van der Waals surface area contributed by atoms with Crippen LogP contribution in [0.2, 0.25) is 0 Å². The predicted octanol–water partition coefficient (Wildman–Crippen LogP) is 3.57. The highest BCUT2D eigenvalue weighted by atomic mass is 32.2. The van der Waals surface area contributed by atoms with Gasteiger partial charge in [0.1, 0.15) is 5.75 Å². The maximum absolute atomic E-state index is 12.3. The molecule has 8 nitrogen and oxygen atoms in total. The van der Waals surface area contributed by atoms with Crippen LogP contribution in [0.4, 0.5) is 5.69 Å². The van der Waals surface area contributed by atoms with Gasteiger partial charge in [0.05, 0.1) is 18.4 Å². The minimum Gasteiger partial charge on any atom is -0.497 e. The second-order valence-corrected chi connectivity index (χ2v) is 7.10. The Labute approximate surface area is 177 Å². The van der Waals surface area contributed by atoms with Gasteiger partial charge in [0, 0.05) is 17.8 Å². The van der Waals surface area contributed by atoms with Crippen LogP contribution in [0.5, 0.6) is 5.75 Å². The molecule has 30 heavy (non-hydrogen) atoms. The van der Waals surface area contributed by atoms with Crippen molar-refractivity contribution >= 4 is 29.3 Å². The first-order chi connectivity index (χ1) is 14.5. The number of amides is 1. The Kier molecular flexibility index (Phi) is 6.87. The van der Waals surface area contributed by atoms with Crippen molar-refractivity contribution in [3.05, 3.63) is 66.7 Å². The summed E-state index contributed by atoms with van der Waals surface area (Å²) in [5, 5.41) is 20.8. The molecule has 0 saturated heterocycles. The van der Waals surface area contributed by atoms with E-state index in [1.165, 1.54) is 23.9 Å². The molecule has 154 valence electrons. The van der Waals surface area contributed by atoms with Crippen molar-refractivity contribution in [3.63, 3.8) is 0 Å². The number of carbonyl (C=O) groups is 2. The first kappa shape index (κ1) is 21.1. The van der Waals surface area contributed by atoms with Gasteiger partial charge in [0.15, 0.2) is 11.0 Å². The van der Waals surface area contributed by atoms with Crippen molar-refractivity contribution in [2.24, 2.45) is 0 Å². The Bertz CT molecular complexity index is 1060. The number of benzene rings is 2. The number of carboxylic acids is 1. The zero-order chi connectivity index (χ0) is 21.5. The molecule has 3 aromatic rings. The number of hydrogen-bond acceptors (Lipinski definition) is 6. The van der Waals surface area contributed by atoms with E-state index >= 15 is 0 Å². The van der Waals surface area contributed by atoms with Gasteiger partial charge in [-0.05, 0) is 42.5 Å². The van der Waals surface area contributed by atoms with Crippen molar-refractivity contribution in [1.82, 2.24) is 14.8 Å². The van der Waals surface area contributed by atoms with Crippen LogP contribution in [0.15, 0.2) is 66.3 Å². The summed E-state index contributed by atoms with van der Waals surface area (Å²) in [6.45, 7) is 4.26. The molecule has 0 aliphatic rings. The topological polar surface area (TPSA) is 106 Å². The number of aromatic nitrogens is 3. The number of thioether (sulfide) groups is 1. The molecule has 1 amide bonds. The molecule has 0 radical (unpaired) electrons. The monoisotopic (exact) mass is 424 g/mol.